The third kappa shape index (κ3) is 2.62. The van der Waals surface area contributed by atoms with E-state index in [1.807, 2.05) is 4.90 Å². The van der Waals surface area contributed by atoms with E-state index in [-0.39, 0.29) is 11.8 Å². The Bertz CT molecular complexity index is 410. The Labute approximate surface area is 99.2 Å². The minimum absolute atomic E-state index is 0.104. The summed E-state index contributed by atoms with van der Waals surface area (Å²) in [7, 11) is 0. The first-order chi connectivity index (χ1) is 8.20. The van der Waals surface area contributed by atoms with Crippen LogP contribution in [-0.2, 0) is 4.79 Å². The molecule has 0 aliphatic carbocycles. The summed E-state index contributed by atoms with van der Waals surface area (Å²) in [5.41, 5.74) is 7.80. The summed E-state index contributed by atoms with van der Waals surface area (Å²) in [4.78, 5) is 21.3. The van der Waals surface area contributed by atoms with Crippen LogP contribution < -0.4 is 21.9 Å². The summed E-state index contributed by atoms with van der Waals surface area (Å²) in [5.74, 6) is 6.25. The van der Waals surface area contributed by atoms with Crippen molar-refractivity contribution in [2.45, 2.75) is 12.8 Å². The molecule has 0 spiro atoms. The number of hydrogen-bond acceptors (Lipinski definition) is 6. The minimum atomic E-state index is -0.249. The van der Waals surface area contributed by atoms with Crippen molar-refractivity contribution in [1.82, 2.24) is 9.97 Å². The Kier molecular flexibility index (Phi) is 3.38. The molecule has 5 N–H and O–H groups in total. The summed E-state index contributed by atoms with van der Waals surface area (Å²) in [6.45, 7) is 1.47. The number of nitrogens with zero attached hydrogens (tertiary/aromatic N) is 3. The number of piperidine rings is 1. The van der Waals surface area contributed by atoms with E-state index < -0.39 is 0 Å². The van der Waals surface area contributed by atoms with Crippen LogP contribution >= 0.6 is 0 Å². The monoisotopic (exact) mass is 236 g/mol. The Balaban J connectivity index is 2.13. The lowest BCUT2D eigenvalue weighted by atomic mass is 9.97. The van der Waals surface area contributed by atoms with Gasteiger partial charge in [-0.05, 0) is 12.8 Å². The predicted octanol–water partition coefficient (Wildman–Crippen LogP) is -0.536. The molecular weight excluding hydrogens is 220 g/mol. The number of carbonyl (C=O) groups is 1. The number of amides is 1. The van der Waals surface area contributed by atoms with Crippen LogP contribution in [0.15, 0.2) is 12.4 Å². The molecule has 0 aromatic carbocycles. The SMILES string of the molecule is NNc1cc(N2CCCC(C(N)=O)C2)ncn1. The summed E-state index contributed by atoms with van der Waals surface area (Å²) < 4.78 is 0. The second-order valence-electron chi connectivity index (χ2n) is 4.09. The average molecular weight is 236 g/mol. The van der Waals surface area contributed by atoms with Crippen molar-refractivity contribution in [3.8, 4) is 0 Å². The van der Waals surface area contributed by atoms with Crippen LogP contribution in [0, 0.1) is 5.92 Å². The number of nitrogens with two attached hydrogens (primary N) is 2. The van der Waals surface area contributed by atoms with Gasteiger partial charge in [-0.2, -0.15) is 0 Å². The van der Waals surface area contributed by atoms with Gasteiger partial charge in [0.25, 0.3) is 0 Å². The maximum absolute atomic E-state index is 11.2. The van der Waals surface area contributed by atoms with Crippen molar-refractivity contribution in [2.24, 2.45) is 17.5 Å². The van der Waals surface area contributed by atoms with E-state index >= 15 is 0 Å². The van der Waals surface area contributed by atoms with Gasteiger partial charge in [-0.15, -0.1) is 0 Å². The van der Waals surface area contributed by atoms with Gasteiger partial charge in [0.1, 0.15) is 18.0 Å². The highest BCUT2D eigenvalue weighted by Crippen LogP contribution is 2.22. The number of nitrogen functional groups attached to an aromatic ring is 1. The van der Waals surface area contributed by atoms with Crippen LogP contribution in [0.4, 0.5) is 11.6 Å². The molecular formula is C10H16N6O. The standard InChI is InChI=1S/C10H16N6O/c11-10(17)7-2-1-3-16(5-7)9-4-8(15-12)13-6-14-9/h4,6-7H,1-3,5,12H2,(H2,11,17)(H,13,14,15). The number of rotatable bonds is 3. The highest BCUT2D eigenvalue weighted by Gasteiger charge is 2.24. The number of anilines is 2. The summed E-state index contributed by atoms with van der Waals surface area (Å²) in [6, 6.07) is 1.75. The second-order valence-corrected chi connectivity index (χ2v) is 4.09. The number of aromatic nitrogens is 2. The van der Waals surface area contributed by atoms with Gasteiger partial charge in [-0.1, -0.05) is 0 Å². The first-order valence-corrected chi connectivity index (χ1v) is 5.53. The number of primary amides is 1. The molecule has 7 heteroatoms. The fraction of sp³-hybridized carbons (Fsp3) is 0.500. The van der Waals surface area contributed by atoms with Crippen molar-refractivity contribution in [3.05, 3.63) is 12.4 Å². The Morgan fingerprint density at radius 1 is 1.53 bits per heavy atom. The maximum Gasteiger partial charge on any atom is 0.222 e. The largest absolute Gasteiger partial charge is 0.369 e. The fourth-order valence-corrected chi connectivity index (χ4v) is 2.02. The van der Waals surface area contributed by atoms with E-state index in [0.717, 1.165) is 25.2 Å². The molecule has 1 aliphatic heterocycles. The van der Waals surface area contributed by atoms with E-state index in [1.165, 1.54) is 6.33 Å². The molecule has 1 aliphatic rings. The lowest BCUT2D eigenvalue weighted by Crippen LogP contribution is -2.41. The summed E-state index contributed by atoms with van der Waals surface area (Å²) in [6.07, 6.45) is 3.22. The zero-order valence-electron chi connectivity index (χ0n) is 9.47. The molecule has 1 fully saturated rings. The maximum atomic E-state index is 11.2. The number of nitrogens with one attached hydrogen (secondary N) is 1. The zero-order chi connectivity index (χ0) is 12.3. The molecule has 17 heavy (non-hydrogen) atoms. The minimum Gasteiger partial charge on any atom is -0.369 e. The number of hydrogen-bond donors (Lipinski definition) is 3. The zero-order valence-corrected chi connectivity index (χ0v) is 9.47. The van der Waals surface area contributed by atoms with Crippen molar-refractivity contribution in [1.29, 1.82) is 0 Å². The highest BCUT2D eigenvalue weighted by atomic mass is 16.1. The Morgan fingerprint density at radius 2 is 2.35 bits per heavy atom. The van der Waals surface area contributed by atoms with Gasteiger partial charge in [-0.3, -0.25) is 4.79 Å². The van der Waals surface area contributed by atoms with Gasteiger partial charge in [-0.25, -0.2) is 15.8 Å². The topological polar surface area (TPSA) is 110 Å². The van der Waals surface area contributed by atoms with Crippen molar-refractivity contribution in [2.75, 3.05) is 23.4 Å². The molecule has 2 rings (SSSR count). The van der Waals surface area contributed by atoms with Gasteiger partial charge in [0.05, 0.1) is 5.92 Å². The van der Waals surface area contributed by atoms with Crippen LogP contribution in [0.25, 0.3) is 0 Å². The molecule has 0 radical (unpaired) electrons. The van der Waals surface area contributed by atoms with E-state index in [2.05, 4.69) is 15.4 Å². The third-order valence-corrected chi connectivity index (χ3v) is 2.95. The molecule has 1 aromatic heterocycles. The molecule has 92 valence electrons. The number of carbonyl (C=O) groups excluding carboxylic acids is 1. The Morgan fingerprint density at radius 3 is 3.06 bits per heavy atom. The van der Waals surface area contributed by atoms with Crippen LogP contribution in [-0.4, -0.2) is 29.0 Å². The first kappa shape index (κ1) is 11.6. The molecule has 1 amide bonds. The molecule has 1 atom stereocenters. The van der Waals surface area contributed by atoms with Gasteiger partial charge < -0.3 is 16.1 Å². The van der Waals surface area contributed by atoms with Crippen molar-refractivity contribution < 1.29 is 4.79 Å². The van der Waals surface area contributed by atoms with Gasteiger partial charge in [0.2, 0.25) is 5.91 Å². The molecule has 1 saturated heterocycles. The Hall–Kier alpha value is -1.89. The van der Waals surface area contributed by atoms with E-state index in [0.29, 0.717) is 12.4 Å². The predicted molar refractivity (Wildman–Crippen MR) is 64.0 cm³/mol. The quantitative estimate of drug-likeness (QED) is 0.480. The average Bonchev–Trinajstić information content (AvgIpc) is 2.39. The van der Waals surface area contributed by atoms with Crippen LogP contribution in [0.5, 0.6) is 0 Å². The van der Waals surface area contributed by atoms with Crippen molar-refractivity contribution in [3.63, 3.8) is 0 Å². The lowest BCUT2D eigenvalue weighted by Gasteiger charge is -2.32. The number of hydrazine groups is 1. The van der Waals surface area contributed by atoms with E-state index in [1.54, 1.807) is 6.07 Å². The second kappa shape index (κ2) is 4.96. The van der Waals surface area contributed by atoms with Gasteiger partial charge in [0.15, 0.2) is 0 Å². The van der Waals surface area contributed by atoms with Crippen LogP contribution in [0.1, 0.15) is 12.8 Å². The van der Waals surface area contributed by atoms with Crippen LogP contribution in [0.3, 0.4) is 0 Å². The van der Waals surface area contributed by atoms with Gasteiger partial charge >= 0.3 is 0 Å². The fourth-order valence-electron chi connectivity index (χ4n) is 2.02. The van der Waals surface area contributed by atoms with Crippen LogP contribution in [0.2, 0.25) is 0 Å². The first-order valence-electron chi connectivity index (χ1n) is 5.53. The van der Waals surface area contributed by atoms with Gasteiger partial charge in [0, 0.05) is 19.2 Å². The third-order valence-electron chi connectivity index (χ3n) is 2.95. The van der Waals surface area contributed by atoms with Crippen molar-refractivity contribution >= 4 is 17.5 Å². The highest BCUT2D eigenvalue weighted by molar-refractivity contribution is 5.77. The molecule has 2 heterocycles. The lowest BCUT2D eigenvalue weighted by molar-refractivity contribution is -0.122. The molecule has 7 nitrogen and oxygen atoms in total. The molecule has 1 aromatic rings. The molecule has 0 saturated carbocycles. The smallest absolute Gasteiger partial charge is 0.222 e. The summed E-state index contributed by atoms with van der Waals surface area (Å²) in [5, 5.41) is 0. The molecule has 0 bridgehead atoms. The molecule has 1 unspecified atom stereocenters. The normalized spacial score (nSPS) is 20.1. The van der Waals surface area contributed by atoms with E-state index in [4.69, 9.17) is 11.6 Å². The summed E-state index contributed by atoms with van der Waals surface area (Å²) >= 11 is 0. The van der Waals surface area contributed by atoms with E-state index in [9.17, 15) is 4.79 Å².